The Kier molecular flexibility index (Phi) is 4.82. The monoisotopic (exact) mass is 282 g/mol. The molecule has 0 unspecified atom stereocenters. The van der Waals surface area contributed by atoms with Crippen LogP contribution in [0.5, 0.6) is 5.75 Å². The molecular formula is C14H15ClO4. The zero-order valence-electron chi connectivity index (χ0n) is 10.3. The molecule has 1 aliphatic heterocycles. The largest absolute Gasteiger partial charge is 0.488 e. The van der Waals surface area contributed by atoms with E-state index in [4.69, 9.17) is 26.2 Å². The molecule has 5 heteroatoms. The molecule has 1 N–H and O–H groups in total. The molecule has 1 aromatic rings. The minimum absolute atomic E-state index is 0.0608. The second kappa shape index (κ2) is 6.59. The Labute approximate surface area is 116 Å². The summed E-state index contributed by atoms with van der Waals surface area (Å²) in [5, 5.41) is 9.16. The van der Waals surface area contributed by atoms with Gasteiger partial charge in [-0.2, -0.15) is 0 Å². The predicted molar refractivity (Wildman–Crippen MR) is 72.6 cm³/mol. The fraction of sp³-hybridized carbons (Fsp3) is 0.357. The Hall–Kier alpha value is -1.52. The lowest BCUT2D eigenvalue weighted by atomic mass is 10.1. The van der Waals surface area contributed by atoms with E-state index in [0.717, 1.165) is 18.9 Å². The van der Waals surface area contributed by atoms with Crippen LogP contribution in [-0.2, 0) is 9.53 Å². The van der Waals surface area contributed by atoms with Crippen molar-refractivity contribution in [3.05, 3.63) is 34.9 Å². The van der Waals surface area contributed by atoms with Crippen LogP contribution < -0.4 is 4.74 Å². The summed E-state index contributed by atoms with van der Waals surface area (Å²) in [7, 11) is 0. The van der Waals surface area contributed by atoms with E-state index >= 15 is 0 Å². The lowest BCUT2D eigenvalue weighted by molar-refractivity contribution is -0.131. The molecule has 0 aromatic heterocycles. The number of benzene rings is 1. The van der Waals surface area contributed by atoms with Crippen LogP contribution in [0, 0.1) is 0 Å². The summed E-state index contributed by atoms with van der Waals surface area (Å²) in [6, 6.07) is 5.27. The van der Waals surface area contributed by atoms with Crippen molar-refractivity contribution < 1.29 is 19.4 Å². The maximum absolute atomic E-state index is 10.6. The lowest BCUT2D eigenvalue weighted by Gasteiger charge is -2.24. The summed E-state index contributed by atoms with van der Waals surface area (Å²) in [4.78, 5) is 10.6. The molecule has 0 radical (unpaired) electrons. The molecule has 1 heterocycles. The van der Waals surface area contributed by atoms with E-state index in [0.29, 0.717) is 29.5 Å². The minimum atomic E-state index is -1.00. The normalized spacial score (nSPS) is 16.7. The Morgan fingerprint density at radius 1 is 1.42 bits per heavy atom. The first-order valence-corrected chi connectivity index (χ1v) is 6.48. The minimum Gasteiger partial charge on any atom is -0.488 e. The van der Waals surface area contributed by atoms with Crippen LogP contribution in [0.15, 0.2) is 24.3 Å². The summed E-state index contributed by atoms with van der Waals surface area (Å²) < 4.78 is 11.2. The average Bonchev–Trinajstić information content (AvgIpc) is 2.40. The molecule has 1 fully saturated rings. The van der Waals surface area contributed by atoms with Gasteiger partial charge in [-0.25, -0.2) is 4.79 Å². The van der Waals surface area contributed by atoms with Gasteiger partial charge in [0.05, 0.1) is 18.2 Å². The van der Waals surface area contributed by atoms with E-state index in [1.54, 1.807) is 18.2 Å². The van der Waals surface area contributed by atoms with Crippen LogP contribution in [0.4, 0.5) is 0 Å². The van der Waals surface area contributed by atoms with Crippen LogP contribution >= 0.6 is 11.6 Å². The smallest absolute Gasteiger partial charge is 0.328 e. The molecule has 1 aromatic carbocycles. The molecule has 0 spiro atoms. The van der Waals surface area contributed by atoms with Gasteiger partial charge in [-0.3, -0.25) is 0 Å². The third-order valence-corrected chi connectivity index (χ3v) is 3.15. The van der Waals surface area contributed by atoms with Crippen molar-refractivity contribution in [2.24, 2.45) is 0 Å². The van der Waals surface area contributed by atoms with Gasteiger partial charge in [-0.05, 0) is 12.1 Å². The molecule has 0 atom stereocenters. The van der Waals surface area contributed by atoms with E-state index in [1.807, 2.05) is 0 Å². The molecule has 0 saturated carbocycles. The summed E-state index contributed by atoms with van der Waals surface area (Å²) in [5.41, 5.74) is 0.668. The summed E-state index contributed by atoms with van der Waals surface area (Å²) in [5.74, 6) is -0.467. The fourth-order valence-corrected chi connectivity index (χ4v) is 2.13. The Balaban J connectivity index is 2.19. The molecule has 102 valence electrons. The Morgan fingerprint density at radius 2 is 2.16 bits per heavy atom. The van der Waals surface area contributed by atoms with Crippen molar-refractivity contribution in [2.45, 2.75) is 18.9 Å². The van der Waals surface area contributed by atoms with Gasteiger partial charge in [0.25, 0.3) is 0 Å². The number of carbonyl (C=O) groups is 1. The molecule has 0 amide bonds. The molecule has 0 aliphatic carbocycles. The lowest BCUT2D eigenvalue weighted by Crippen LogP contribution is -2.26. The summed E-state index contributed by atoms with van der Waals surface area (Å²) in [6.07, 6.45) is 4.25. The number of carboxylic acids is 1. The maximum atomic E-state index is 10.6. The summed E-state index contributed by atoms with van der Waals surface area (Å²) >= 11 is 6.13. The highest BCUT2D eigenvalue weighted by Crippen LogP contribution is 2.31. The van der Waals surface area contributed by atoms with Gasteiger partial charge in [0.1, 0.15) is 11.9 Å². The van der Waals surface area contributed by atoms with E-state index in [-0.39, 0.29) is 6.10 Å². The zero-order chi connectivity index (χ0) is 13.7. The van der Waals surface area contributed by atoms with Gasteiger partial charge in [-0.15, -0.1) is 0 Å². The first-order chi connectivity index (χ1) is 9.16. The van der Waals surface area contributed by atoms with Gasteiger partial charge < -0.3 is 14.6 Å². The van der Waals surface area contributed by atoms with E-state index in [2.05, 4.69) is 0 Å². The standard InChI is InChI=1S/C14H15ClO4/c15-12-3-1-2-10(4-5-13(16)17)14(12)19-11-6-8-18-9-7-11/h1-5,11H,6-9H2,(H,16,17)/b5-4+. The highest BCUT2D eigenvalue weighted by Gasteiger charge is 2.18. The molecular weight excluding hydrogens is 268 g/mol. The van der Waals surface area contributed by atoms with Crippen molar-refractivity contribution in [2.75, 3.05) is 13.2 Å². The number of rotatable bonds is 4. The van der Waals surface area contributed by atoms with E-state index in [9.17, 15) is 4.79 Å². The van der Waals surface area contributed by atoms with Crippen molar-refractivity contribution in [3.63, 3.8) is 0 Å². The van der Waals surface area contributed by atoms with Crippen molar-refractivity contribution in [1.29, 1.82) is 0 Å². The van der Waals surface area contributed by atoms with Crippen LogP contribution in [0.1, 0.15) is 18.4 Å². The molecule has 19 heavy (non-hydrogen) atoms. The molecule has 2 rings (SSSR count). The number of halogens is 1. The number of hydrogen-bond acceptors (Lipinski definition) is 3. The first kappa shape index (κ1) is 13.9. The number of hydrogen-bond donors (Lipinski definition) is 1. The van der Waals surface area contributed by atoms with Crippen molar-refractivity contribution >= 4 is 23.6 Å². The number of ether oxygens (including phenoxy) is 2. The highest BCUT2D eigenvalue weighted by molar-refractivity contribution is 6.32. The molecule has 1 aliphatic rings. The number of para-hydroxylation sites is 1. The van der Waals surface area contributed by atoms with Crippen LogP contribution in [0.25, 0.3) is 6.08 Å². The van der Waals surface area contributed by atoms with Crippen LogP contribution in [0.2, 0.25) is 5.02 Å². The second-order valence-corrected chi connectivity index (χ2v) is 4.67. The van der Waals surface area contributed by atoms with Crippen LogP contribution in [0.3, 0.4) is 0 Å². The Bertz CT molecular complexity index is 478. The van der Waals surface area contributed by atoms with Crippen LogP contribution in [-0.4, -0.2) is 30.4 Å². The topological polar surface area (TPSA) is 55.8 Å². The maximum Gasteiger partial charge on any atom is 0.328 e. The third kappa shape index (κ3) is 3.98. The highest BCUT2D eigenvalue weighted by atomic mass is 35.5. The average molecular weight is 283 g/mol. The van der Waals surface area contributed by atoms with E-state index in [1.165, 1.54) is 6.08 Å². The van der Waals surface area contributed by atoms with Gasteiger partial charge in [0, 0.05) is 24.5 Å². The quantitative estimate of drug-likeness (QED) is 0.863. The van der Waals surface area contributed by atoms with Crippen molar-refractivity contribution in [1.82, 2.24) is 0 Å². The summed E-state index contributed by atoms with van der Waals surface area (Å²) in [6.45, 7) is 1.35. The van der Waals surface area contributed by atoms with Gasteiger partial charge in [0.15, 0.2) is 0 Å². The van der Waals surface area contributed by atoms with Gasteiger partial charge in [0.2, 0.25) is 0 Å². The Morgan fingerprint density at radius 3 is 2.84 bits per heavy atom. The SMILES string of the molecule is O=C(O)/C=C/c1cccc(Cl)c1OC1CCOCC1. The third-order valence-electron chi connectivity index (χ3n) is 2.86. The predicted octanol–water partition coefficient (Wildman–Crippen LogP) is 3.00. The van der Waals surface area contributed by atoms with Gasteiger partial charge >= 0.3 is 5.97 Å². The van der Waals surface area contributed by atoms with Gasteiger partial charge in [-0.1, -0.05) is 23.7 Å². The number of aliphatic carboxylic acids is 1. The molecule has 4 nitrogen and oxygen atoms in total. The second-order valence-electron chi connectivity index (χ2n) is 4.26. The van der Waals surface area contributed by atoms with Crippen molar-refractivity contribution in [3.8, 4) is 5.75 Å². The molecule has 1 saturated heterocycles. The number of carboxylic acid groups (broad SMARTS) is 1. The fourth-order valence-electron chi connectivity index (χ4n) is 1.90. The first-order valence-electron chi connectivity index (χ1n) is 6.11. The van der Waals surface area contributed by atoms with E-state index < -0.39 is 5.97 Å². The molecule has 0 bridgehead atoms. The zero-order valence-corrected chi connectivity index (χ0v) is 11.1.